The van der Waals surface area contributed by atoms with Crippen LogP contribution in [0.5, 0.6) is 0 Å². The summed E-state index contributed by atoms with van der Waals surface area (Å²) in [5.74, 6) is -0.484. The minimum atomic E-state index is -0.484. The van der Waals surface area contributed by atoms with E-state index in [0.29, 0.717) is 10.2 Å². The zero-order valence-electron chi connectivity index (χ0n) is 14.6. The van der Waals surface area contributed by atoms with E-state index in [0.717, 1.165) is 22.3 Å². The predicted molar refractivity (Wildman–Crippen MR) is 107 cm³/mol. The highest BCUT2D eigenvalue weighted by Crippen LogP contribution is 2.32. The van der Waals surface area contributed by atoms with Crippen molar-refractivity contribution >= 4 is 27.5 Å². The SMILES string of the molecule is COC(=O)Cn1cnc2scc(-c3ccc(-c4ccccc4)cc3)c2c1=O. The molecule has 0 N–H and O–H groups in total. The van der Waals surface area contributed by atoms with Crippen LogP contribution in [-0.2, 0) is 16.1 Å². The fourth-order valence-electron chi connectivity index (χ4n) is 2.97. The Kier molecular flexibility index (Phi) is 4.56. The number of rotatable bonds is 4. The topological polar surface area (TPSA) is 61.2 Å². The summed E-state index contributed by atoms with van der Waals surface area (Å²) in [6.07, 6.45) is 1.39. The van der Waals surface area contributed by atoms with E-state index in [-0.39, 0.29) is 12.1 Å². The third-order valence-corrected chi connectivity index (χ3v) is 5.28. The number of ether oxygens (including phenoxy) is 1. The van der Waals surface area contributed by atoms with Gasteiger partial charge in [-0.3, -0.25) is 14.2 Å². The largest absolute Gasteiger partial charge is 0.468 e. The molecular formula is C21H16N2O3S. The van der Waals surface area contributed by atoms with E-state index in [2.05, 4.69) is 21.9 Å². The number of carbonyl (C=O) groups is 1. The monoisotopic (exact) mass is 376 g/mol. The maximum atomic E-state index is 12.8. The van der Waals surface area contributed by atoms with Crippen LogP contribution in [-0.4, -0.2) is 22.6 Å². The van der Waals surface area contributed by atoms with E-state index in [1.54, 1.807) is 0 Å². The average molecular weight is 376 g/mol. The Hall–Kier alpha value is -3.25. The van der Waals surface area contributed by atoms with Crippen LogP contribution in [0.1, 0.15) is 0 Å². The molecule has 0 fully saturated rings. The van der Waals surface area contributed by atoms with Crippen molar-refractivity contribution in [3.05, 3.63) is 76.7 Å². The number of carbonyl (C=O) groups excluding carboxylic acids is 1. The lowest BCUT2D eigenvalue weighted by molar-refractivity contribution is -0.141. The van der Waals surface area contributed by atoms with Gasteiger partial charge in [0.25, 0.3) is 5.56 Å². The Labute approximate surface area is 159 Å². The number of fused-ring (bicyclic) bond motifs is 1. The summed E-state index contributed by atoms with van der Waals surface area (Å²) in [7, 11) is 1.30. The van der Waals surface area contributed by atoms with Crippen LogP contribution in [0.2, 0.25) is 0 Å². The number of aromatic nitrogens is 2. The minimum absolute atomic E-state index is 0.152. The lowest BCUT2D eigenvalue weighted by Gasteiger charge is -2.06. The molecule has 2 aromatic carbocycles. The van der Waals surface area contributed by atoms with Crippen molar-refractivity contribution in [1.82, 2.24) is 9.55 Å². The molecular weight excluding hydrogens is 360 g/mol. The first-order chi connectivity index (χ1) is 13.2. The Bertz CT molecular complexity index is 1160. The molecule has 4 aromatic rings. The van der Waals surface area contributed by atoms with E-state index in [9.17, 15) is 9.59 Å². The van der Waals surface area contributed by atoms with Crippen LogP contribution in [0.25, 0.3) is 32.5 Å². The normalized spacial score (nSPS) is 10.9. The van der Waals surface area contributed by atoms with E-state index in [4.69, 9.17) is 0 Å². The molecule has 2 aromatic heterocycles. The zero-order valence-corrected chi connectivity index (χ0v) is 15.4. The van der Waals surface area contributed by atoms with Gasteiger partial charge in [-0.2, -0.15) is 0 Å². The molecule has 0 aliphatic rings. The van der Waals surface area contributed by atoms with Gasteiger partial charge in [0, 0.05) is 10.9 Å². The highest BCUT2D eigenvalue weighted by atomic mass is 32.1. The van der Waals surface area contributed by atoms with Crippen molar-refractivity contribution in [2.24, 2.45) is 0 Å². The second-order valence-electron chi connectivity index (χ2n) is 6.03. The molecule has 0 spiro atoms. The summed E-state index contributed by atoms with van der Waals surface area (Å²) in [5.41, 5.74) is 3.78. The first-order valence-electron chi connectivity index (χ1n) is 8.36. The minimum Gasteiger partial charge on any atom is -0.468 e. The quantitative estimate of drug-likeness (QED) is 0.506. The summed E-state index contributed by atoms with van der Waals surface area (Å²) in [6, 6.07) is 18.2. The van der Waals surface area contributed by atoms with E-state index in [1.807, 2.05) is 47.8 Å². The van der Waals surface area contributed by atoms with Crippen molar-refractivity contribution in [3.8, 4) is 22.3 Å². The molecule has 0 atom stereocenters. The molecule has 0 aliphatic heterocycles. The van der Waals surface area contributed by atoms with Gasteiger partial charge >= 0.3 is 5.97 Å². The number of hydrogen-bond donors (Lipinski definition) is 0. The molecule has 0 radical (unpaired) electrons. The van der Waals surface area contributed by atoms with Gasteiger partial charge in [-0.25, -0.2) is 4.98 Å². The highest BCUT2D eigenvalue weighted by Gasteiger charge is 2.15. The van der Waals surface area contributed by atoms with Crippen LogP contribution >= 0.6 is 11.3 Å². The molecule has 0 saturated carbocycles. The highest BCUT2D eigenvalue weighted by molar-refractivity contribution is 7.17. The van der Waals surface area contributed by atoms with Crippen LogP contribution in [0.3, 0.4) is 0 Å². The molecule has 6 heteroatoms. The van der Waals surface area contributed by atoms with Gasteiger partial charge < -0.3 is 4.74 Å². The Morgan fingerprint density at radius 2 is 1.70 bits per heavy atom. The van der Waals surface area contributed by atoms with Gasteiger partial charge in [-0.1, -0.05) is 54.6 Å². The fraction of sp³-hybridized carbons (Fsp3) is 0.0952. The van der Waals surface area contributed by atoms with Gasteiger partial charge in [0.05, 0.1) is 18.8 Å². The lowest BCUT2D eigenvalue weighted by Crippen LogP contribution is -2.25. The van der Waals surface area contributed by atoms with E-state index >= 15 is 0 Å². The lowest BCUT2D eigenvalue weighted by atomic mass is 10.0. The number of hydrogen-bond acceptors (Lipinski definition) is 5. The molecule has 0 amide bonds. The predicted octanol–water partition coefficient (Wildman–Crippen LogP) is 3.97. The van der Waals surface area contributed by atoms with Gasteiger partial charge in [0.1, 0.15) is 11.4 Å². The third-order valence-electron chi connectivity index (χ3n) is 4.39. The number of nitrogens with zero attached hydrogens (tertiary/aromatic N) is 2. The summed E-state index contributed by atoms with van der Waals surface area (Å²) in [4.78, 5) is 29.3. The van der Waals surface area contributed by atoms with Crippen molar-refractivity contribution < 1.29 is 9.53 Å². The van der Waals surface area contributed by atoms with E-state index < -0.39 is 5.97 Å². The average Bonchev–Trinajstić information content (AvgIpc) is 3.15. The molecule has 0 saturated heterocycles. The van der Waals surface area contributed by atoms with E-state index in [1.165, 1.54) is 29.3 Å². The summed E-state index contributed by atoms with van der Waals surface area (Å²) < 4.78 is 5.93. The van der Waals surface area contributed by atoms with Crippen LogP contribution in [0.4, 0.5) is 0 Å². The second-order valence-corrected chi connectivity index (χ2v) is 6.88. The van der Waals surface area contributed by atoms with Crippen molar-refractivity contribution in [2.75, 3.05) is 7.11 Å². The molecule has 5 nitrogen and oxygen atoms in total. The summed E-state index contributed by atoms with van der Waals surface area (Å²) in [5, 5.41) is 2.46. The third kappa shape index (κ3) is 3.27. The first kappa shape index (κ1) is 17.2. The zero-order chi connectivity index (χ0) is 18.8. The first-order valence-corrected chi connectivity index (χ1v) is 9.24. The van der Waals surface area contributed by atoms with Gasteiger partial charge in [-0.05, 0) is 16.7 Å². The van der Waals surface area contributed by atoms with Crippen molar-refractivity contribution in [3.63, 3.8) is 0 Å². The second kappa shape index (κ2) is 7.17. The number of thiophene rings is 1. The molecule has 4 rings (SSSR count). The molecule has 134 valence electrons. The summed E-state index contributed by atoms with van der Waals surface area (Å²) >= 11 is 1.42. The Balaban J connectivity index is 1.76. The van der Waals surface area contributed by atoms with Crippen LogP contribution < -0.4 is 5.56 Å². The van der Waals surface area contributed by atoms with Gasteiger partial charge in [0.2, 0.25) is 0 Å². The summed E-state index contributed by atoms with van der Waals surface area (Å²) in [6.45, 7) is -0.152. The molecule has 0 bridgehead atoms. The fourth-order valence-corrected chi connectivity index (χ4v) is 3.88. The number of methoxy groups -OCH3 is 1. The molecule has 27 heavy (non-hydrogen) atoms. The Morgan fingerprint density at radius 3 is 2.41 bits per heavy atom. The maximum absolute atomic E-state index is 12.8. The van der Waals surface area contributed by atoms with Crippen molar-refractivity contribution in [2.45, 2.75) is 6.54 Å². The van der Waals surface area contributed by atoms with Crippen LogP contribution in [0, 0.1) is 0 Å². The number of esters is 1. The van der Waals surface area contributed by atoms with Crippen molar-refractivity contribution in [1.29, 1.82) is 0 Å². The molecule has 0 unspecified atom stereocenters. The smallest absolute Gasteiger partial charge is 0.325 e. The van der Waals surface area contributed by atoms with Gasteiger partial charge in [0.15, 0.2) is 0 Å². The number of benzene rings is 2. The van der Waals surface area contributed by atoms with Gasteiger partial charge in [-0.15, -0.1) is 11.3 Å². The van der Waals surface area contributed by atoms with Crippen LogP contribution in [0.15, 0.2) is 71.1 Å². The Morgan fingerprint density at radius 1 is 1.04 bits per heavy atom. The molecule has 2 heterocycles. The molecule has 0 aliphatic carbocycles. The maximum Gasteiger partial charge on any atom is 0.325 e. The standard InChI is InChI=1S/C21H16N2O3S/c1-26-18(24)11-23-13-22-20-19(21(23)25)17(12-27-20)16-9-7-15(8-10-16)14-5-3-2-4-6-14/h2-10,12-13H,11H2,1H3.